The van der Waals surface area contributed by atoms with E-state index in [1.165, 1.54) is 12.0 Å². The van der Waals surface area contributed by atoms with Gasteiger partial charge in [0.05, 0.1) is 5.92 Å². The smallest absolute Gasteiger partial charge is 0.228 e. The van der Waals surface area contributed by atoms with Crippen LogP contribution in [0.1, 0.15) is 51.5 Å². The fourth-order valence-electron chi connectivity index (χ4n) is 3.98. The third kappa shape index (κ3) is 3.33. The summed E-state index contributed by atoms with van der Waals surface area (Å²) in [5.41, 5.74) is 2.18. The molecule has 4 nitrogen and oxygen atoms in total. The number of piperidine rings is 1. The van der Waals surface area contributed by atoms with E-state index in [0.717, 1.165) is 37.9 Å². The molecule has 2 aliphatic heterocycles. The van der Waals surface area contributed by atoms with E-state index in [-0.39, 0.29) is 17.7 Å². The van der Waals surface area contributed by atoms with E-state index in [1.54, 1.807) is 4.90 Å². The van der Waals surface area contributed by atoms with Gasteiger partial charge in [0.1, 0.15) is 0 Å². The first-order valence-electron chi connectivity index (χ1n) is 9.33. The van der Waals surface area contributed by atoms with E-state index < -0.39 is 0 Å². The van der Waals surface area contributed by atoms with Crippen LogP contribution in [0.3, 0.4) is 0 Å². The molecular formula is C20H28N2O2. The summed E-state index contributed by atoms with van der Waals surface area (Å²) in [4.78, 5) is 29.2. The van der Waals surface area contributed by atoms with E-state index in [2.05, 4.69) is 26.0 Å². The second-order valence-electron chi connectivity index (χ2n) is 7.01. The molecule has 0 N–H and O–H groups in total. The average Bonchev–Trinajstić information content (AvgIpc) is 3.03. The Labute approximate surface area is 144 Å². The summed E-state index contributed by atoms with van der Waals surface area (Å²) in [6.07, 6.45) is 5.75. The van der Waals surface area contributed by atoms with Gasteiger partial charge < -0.3 is 9.80 Å². The van der Waals surface area contributed by atoms with E-state index in [4.69, 9.17) is 0 Å². The topological polar surface area (TPSA) is 40.6 Å². The average molecular weight is 328 g/mol. The molecular weight excluding hydrogens is 300 g/mol. The van der Waals surface area contributed by atoms with Crippen LogP contribution in [0.5, 0.6) is 0 Å². The van der Waals surface area contributed by atoms with Crippen LogP contribution in [0.25, 0.3) is 0 Å². The Kier molecular flexibility index (Phi) is 5.22. The Morgan fingerprint density at radius 1 is 1.17 bits per heavy atom. The van der Waals surface area contributed by atoms with Crippen molar-refractivity contribution in [1.82, 2.24) is 4.90 Å². The first kappa shape index (κ1) is 17.0. The van der Waals surface area contributed by atoms with Crippen LogP contribution in [-0.2, 0) is 16.0 Å². The fraction of sp³-hybridized carbons (Fsp3) is 0.600. The number of nitrogens with zero attached hydrogens (tertiary/aromatic N) is 2. The van der Waals surface area contributed by atoms with Gasteiger partial charge in [-0.1, -0.05) is 26.0 Å². The molecule has 0 spiro atoms. The Hall–Kier alpha value is -1.84. The summed E-state index contributed by atoms with van der Waals surface area (Å²) < 4.78 is 0. The molecule has 2 fully saturated rings. The maximum atomic E-state index is 12.9. The van der Waals surface area contributed by atoms with Crippen molar-refractivity contribution in [2.45, 2.75) is 58.4 Å². The van der Waals surface area contributed by atoms with Crippen LogP contribution in [0.15, 0.2) is 24.3 Å². The maximum Gasteiger partial charge on any atom is 0.228 e. The molecule has 2 amide bonds. The van der Waals surface area contributed by atoms with Crippen LogP contribution in [0.4, 0.5) is 5.69 Å². The van der Waals surface area contributed by atoms with Crippen LogP contribution in [-0.4, -0.2) is 35.8 Å². The number of carbonyl (C=O) groups is 2. The molecule has 1 aromatic rings. The highest BCUT2D eigenvalue weighted by Gasteiger charge is 2.39. The summed E-state index contributed by atoms with van der Waals surface area (Å²) in [5.74, 6) is 0.0701. The molecule has 2 heterocycles. The van der Waals surface area contributed by atoms with Crippen LogP contribution in [0.2, 0.25) is 0 Å². The Morgan fingerprint density at radius 2 is 1.92 bits per heavy atom. The molecule has 130 valence electrons. The second-order valence-corrected chi connectivity index (χ2v) is 7.01. The van der Waals surface area contributed by atoms with E-state index in [1.807, 2.05) is 17.0 Å². The van der Waals surface area contributed by atoms with Gasteiger partial charge in [0.15, 0.2) is 0 Å². The summed E-state index contributed by atoms with van der Waals surface area (Å²) >= 11 is 0. The molecule has 24 heavy (non-hydrogen) atoms. The lowest BCUT2D eigenvalue weighted by molar-refractivity contribution is -0.139. The van der Waals surface area contributed by atoms with Crippen LogP contribution < -0.4 is 4.90 Å². The molecule has 0 aliphatic carbocycles. The van der Waals surface area contributed by atoms with Crippen molar-refractivity contribution in [3.8, 4) is 0 Å². The van der Waals surface area contributed by atoms with Crippen molar-refractivity contribution in [3.63, 3.8) is 0 Å². The number of benzene rings is 1. The van der Waals surface area contributed by atoms with Crippen molar-refractivity contribution in [2.75, 3.05) is 18.0 Å². The molecule has 0 bridgehead atoms. The van der Waals surface area contributed by atoms with Gasteiger partial charge in [0.25, 0.3) is 0 Å². The molecule has 1 aromatic carbocycles. The monoisotopic (exact) mass is 328 g/mol. The van der Waals surface area contributed by atoms with Gasteiger partial charge in [-0.05, 0) is 49.8 Å². The number of carbonyl (C=O) groups excluding carboxylic acids is 2. The molecule has 2 atom stereocenters. The van der Waals surface area contributed by atoms with Crippen molar-refractivity contribution in [3.05, 3.63) is 29.8 Å². The summed E-state index contributed by atoms with van der Waals surface area (Å²) in [6.45, 7) is 5.65. The van der Waals surface area contributed by atoms with Gasteiger partial charge in [0.2, 0.25) is 11.8 Å². The predicted molar refractivity (Wildman–Crippen MR) is 95.9 cm³/mol. The van der Waals surface area contributed by atoms with Crippen molar-refractivity contribution in [2.24, 2.45) is 5.92 Å². The highest BCUT2D eigenvalue weighted by atomic mass is 16.2. The lowest BCUT2D eigenvalue weighted by atomic mass is 9.97. The second kappa shape index (κ2) is 7.37. The highest BCUT2D eigenvalue weighted by Crippen LogP contribution is 2.29. The standard InChI is InChI=1S/C20H28N2O2/c1-3-15-8-10-18(11-9-15)22-14-16(13-19(22)23)20(24)21-12-6-5-7-17(21)4-2/h8-11,16-17H,3-7,12-14H2,1-2H3/t16-,17+/m1/s1. The number of amides is 2. The van der Waals surface area contributed by atoms with Gasteiger partial charge in [0, 0.05) is 31.2 Å². The highest BCUT2D eigenvalue weighted by molar-refractivity contribution is 6.00. The van der Waals surface area contributed by atoms with Crippen LogP contribution >= 0.6 is 0 Å². The minimum absolute atomic E-state index is 0.0719. The van der Waals surface area contributed by atoms with Crippen molar-refractivity contribution < 1.29 is 9.59 Å². The first-order chi connectivity index (χ1) is 11.6. The summed E-state index contributed by atoms with van der Waals surface area (Å²) in [6, 6.07) is 8.49. The van der Waals surface area contributed by atoms with Gasteiger partial charge in [-0.3, -0.25) is 9.59 Å². The zero-order valence-corrected chi connectivity index (χ0v) is 14.8. The maximum absolute atomic E-state index is 12.9. The first-order valence-corrected chi connectivity index (χ1v) is 9.33. The molecule has 4 heteroatoms. The van der Waals surface area contributed by atoms with E-state index in [9.17, 15) is 9.59 Å². The third-order valence-electron chi connectivity index (χ3n) is 5.51. The molecule has 0 aromatic heterocycles. The van der Waals surface area contributed by atoms with E-state index >= 15 is 0 Å². The van der Waals surface area contributed by atoms with Gasteiger partial charge >= 0.3 is 0 Å². The van der Waals surface area contributed by atoms with Crippen LogP contribution in [0, 0.1) is 5.92 Å². The zero-order chi connectivity index (χ0) is 17.1. The number of likely N-dealkylation sites (tertiary alicyclic amines) is 1. The Bertz CT molecular complexity index is 596. The van der Waals surface area contributed by atoms with Gasteiger partial charge in [-0.25, -0.2) is 0 Å². The number of aryl methyl sites for hydroxylation is 1. The largest absolute Gasteiger partial charge is 0.339 e. The Morgan fingerprint density at radius 3 is 2.58 bits per heavy atom. The van der Waals surface area contributed by atoms with Gasteiger partial charge in [-0.2, -0.15) is 0 Å². The SMILES string of the molecule is CCc1ccc(N2C[C@H](C(=O)N3CCCC[C@@H]3CC)CC2=O)cc1. The van der Waals surface area contributed by atoms with Crippen molar-refractivity contribution in [1.29, 1.82) is 0 Å². The minimum Gasteiger partial charge on any atom is -0.339 e. The number of hydrogen-bond donors (Lipinski definition) is 0. The zero-order valence-electron chi connectivity index (χ0n) is 14.8. The number of anilines is 1. The molecule has 0 saturated carbocycles. The van der Waals surface area contributed by atoms with Gasteiger partial charge in [-0.15, -0.1) is 0 Å². The molecule has 0 unspecified atom stereocenters. The molecule has 0 radical (unpaired) electrons. The summed E-state index contributed by atoms with van der Waals surface area (Å²) in [7, 11) is 0. The molecule has 2 saturated heterocycles. The summed E-state index contributed by atoms with van der Waals surface area (Å²) in [5, 5.41) is 0. The quantitative estimate of drug-likeness (QED) is 0.850. The number of hydrogen-bond acceptors (Lipinski definition) is 2. The molecule has 3 rings (SSSR count). The lowest BCUT2D eigenvalue weighted by Gasteiger charge is -2.36. The lowest BCUT2D eigenvalue weighted by Crippen LogP contribution is -2.46. The normalized spacial score (nSPS) is 24.5. The number of rotatable bonds is 4. The van der Waals surface area contributed by atoms with E-state index in [0.29, 0.717) is 19.0 Å². The van der Waals surface area contributed by atoms with Crippen molar-refractivity contribution >= 4 is 17.5 Å². The molecule has 2 aliphatic rings. The minimum atomic E-state index is -0.185. The predicted octanol–water partition coefficient (Wildman–Crippen LogP) is 3.39. The third-order valence-corrected chi connectivity index (χ3v) is 5.51. The fourth-order valence-corrected chi connectivity index (χ4v) is 3.98. The Balaban J connectivity index is 1.70.